The van der Waals surface area contributed by atoms with Gasteiger partial charge in [0.05, 0.1) is 6.61 Å². The van der Waals surface area contributed by atoms with E-state index < -0.39 is 12.6 Å². The lowest BCUT2D eigenvalue weighted by Gasteiger charge is -2.24. The first-order valence-electron chi connectivity index (χ1n) is 8.48. The Balaban J connectivity index is 1.88. The number of nitrogens with one attached hydrogen (secondary N) is 2. The Morgan fingerprint density at radius 2 is 1.65 bits per heavy atom. The minimum atomic E-state index is -0.909. The molecular formula is C18H26N2O3. The quantitative estimate of drug-likeness (QED) is 0.777. The van der Waals surface area contributed by atoms with Crippen molar-refractivity contribution in [3.63, 3.8) is 0 Å². The topological polar surface area (TPSA) is 78.4 Å². The number of amides is 2. The summed E-state index contributed by atoms with van der Waals surface area (Å²) in [6, 6.07) is 7.93. The molecule has 3 N–H and O–H groups in total. The molecule has 23 heavy (non-hydrogen) atoms. The summed E-state index contributed by atoms with van der Waals surface area (Å²) in [4.78, 5) is 24.4. The van der Waals surface area contributed by atoms with E-state index in [4.69, 9.17) is 0 Å². The van der Waals surface area contributed by atoms with Crippen molar-refractivity contribution < 1.29 is 14.7 Å². The maximum atomic E-state index is 12.3. The number of benzene rings is 1. The standard InChI is InChI=1S/C18H26N2O3/c21-13-16(20-17(22)14-9-5-4-6-10-14)18(23)19-15-11-7-2-1-3-8-12-15/h4-6,9-10,15-16,21H,1-3,7-8,11-13H2,(H,19,23)(H,20,22). The van der Waals surface area contributed by atoms with Crippen LogP contribution < -0.4 is 10.6 Å². The van der Waals surface area contributed by atoms with Gasteiger partial charge in [0.25, 0.3) is 5.91 Å². The zero-order valence-electron chi connectivity index (χ0n) is 13.5. The summed E-state index contributed by atoms with van der Waals surface area (Å²) in [5.74, 6) is -0.653. The fourth-order valence-corrected chi connectivity index (χ4v) is 2.93. The molecule has 0 radical (unpaired) electrons. The molecule has 0 bridgehead atoms. The van der Waals surface area contributed by atoms with Gasteiger partial charge in [-0.15, -0.1) is 0 Å². The highest BCUT2D eigenvalue weighted by molar-refractivity contribution is 5.97. The highest BCUT2D eigenvalue weighted by Crippen LogP contribution is 2.17. The van der Waals surface area contributed by atoms with E-state index in [-0.39, 0.29) is 17.9 Å². The molecule has 0 spiro atoms. The smallest absolute Gasteiger partial charge is 0.251 e. The number of aliphatic hydroxyl groups is 1. The maximum absolute atomic E-state index is 12.3. The van der Waals surface area contributed by atoms with Crippen molar-refractivity contribution in [2.45, 2.75) is 57.0 Å². The van der Waals surface area contributed by atoms with E-state index in [0.717, 1.165) is 25.7 Å². The monoisotopic (exact) mass is 318 g/mol. The second-order valence-corrected chi connectivity index (χ2v) is 6.13. The van der Waals surface area contributed by atoms with E-state index in [1.54, 1.807) is 24.3 Å². The molecule has 1 unspecified atom stereocenters. The average molecular weight is 318 g/mol. The predicted molar refractivity (Wildman–Crippen MR) is 89.0 cm³/mol. The van der Waals surface area contributed by atoms with Crippen LogP contribution in [0.4, 0.5) is 0 Å². The van der Waals surface area contributed by atoms with Gasteiger partial charge in [-0.25, -0.2) is 0 Å². The first-order chi connectivity index (χ1) is 11.2. The number of carbonyl (C=O) groups is 2. The summed E-state index contributed by atoms with van der Waals surface area (Å²) >= 11 is 0. The second kappa shape index (κ2) is 9.30. The predicted octanol–water partition coefficient (Wildman–Crippen LogP) is 2.01. The van der Waals surface area contributed by atoms with Gasteiger partial charge in [-0.2, -0.15) is 0 Å². The SMILES string of the molecule is O=C(NC(CO)C(=O)NC1CCCCCCC1)c1ccccc1. The Labute approximate surface area is 137 Å². The van der Waals surface area contributed by atoms with Gasteiger partial charge in [-0.1, -0.05) is 50.3 Å². The summed E-state index contributed by atoms with van der Waals surface area (Å²) in [7, 11) is 0. The highest BCUT2D eigenvalue weighted by atomic mass is 16.3. The molecule has 2 rings (SSSR count). The molecular weight excluding hydrogens is 292 g/mol. The van der Waals surface area contributed by atoms with Crippen LogP contribution in [0.2, 0.25) is 0 Å². The highest BCUT2D eigenvalue weighted by Gasteiger charge is 2.23. The van der Waals surface area contributed by atoms with Gasteiger partial charge >= 0.3 is 0 Å². The van der Waals surface area contributed by atoms with Gasteiger partial charge in [-0.05, 0) is 25.0 Å². The van der Waals surface area contributed by atoms with E-state index >= 15 is 0 Å². The Morgan fingerprint density at radius 3 is 2.26 bits per heavy atom. The number of hydrogen-bond donors (Lipinski definition) is 3. The zero-order valence-corrected chi connectivity index (χ0v) is 13.5. The van der Waals surface area contributed by atoms with E-state index in [9.17, 15) is 14.7 Å². The van der Waals surface area contributed by atoms with Gasteiger partial charge in [-0.3, -0.25) is 9.59 Å². The molecule has 2 amide bonds. The molecule has 126 valence electrons. The molecule has 1 atom stereocenters. The van der Waals surface area contributed by atoms with Crippen LogP contribution in [0.3, 0.4) is 0 Å². The van der Waals surface area contributed by atoms with Crippen LogP contribution in [0, 0.1) is 0 Å². The van der Waals surface area contributed by atoms with Crippen molar-refractivity contribution in [3.05, 3.63) is 35.9 Å². The Morgan fingerprint density at radius 1 is 1.04 bits per heavy atom. The summed E-state index contributed by atoms with van der Waals surface area (Å²) in [5, 5.41) is 15.0. The number of aliphatic hydroxyl groups excluding tert-OH is 1. The normalized spacial score (nSPS) is 17.6. The van der Waals surface area contributed by atoms with Crippen molar-refractivity contribution >= 4 is 11.8 Å². The lowest BCUT2D eigenvalue weighted by Crippen LogP contribution is -2.51. The average Bonchev–Trinajstić information content (AvgIpc) is 2.55. The molecule has 5 nitrogen and oxygen atoms in total. The van der Waals surface area contributed by atoms with Crippen molar-refractivity contribution in [1.82, 2.24) is 10.6 Å². The molecule has 5 heteroatoms. The molecule has 1 aromatic rings. The number of rotatable bonds is 5. The first kappa shape index (κ1) is 17.5. The van der Waals surface area contributed by atoms with Crippen molar-refractivity contribution in [2.75, 3.05) is 6.61 Å². The molecule has 1 aliphatic rings. The van der Waals surface area contributed by atoms with Crippen LogP contribution in [0.5, 0.6) is 0 Å². The van der Waals surface area contributed by atoms with E-state index in [1.165, 1.54) is 19.3 Å². The minimum absolute atomic E-state index is 0.144. The Kier molecular flexibility index (Phi) is 7.07. The molecule has 0 saturated heterocycles. The minimum Gasteiger partial charge on any atom is -0.394 e. The fraction of sp³-hybridized carbons (Fsp3) is 0.556. The first-order valence-corrected chi connectivity index (χ1v) is 8.48. The Bertz CT molecular complexity index is 496. The summed E-state index contributed by atoms with van der Waals surface area (Å²) < 4.78 is 0. The third kappa shape index (κ3) is 5.67. The van der Waals surface area contributed by atoms with Crippen LogP contribution in [0.15, 0.2) is 30.3 Å². The van der Waals surface area contributed by atoms with Gasteiger partial charge in [0.2, 0.25) is 5.91 Å². The van der Waals surface area contributed by atoms with Crippen molar-refractivity contribution in [1.29, 1.82) is 0 Å². The maximum Gasteiger partial charge on any atom is 0.251 e. The molecule has 1 aromatic carbocycles. The lowest BCUT2D eigenvalue weighted by atomic mass is 9.96. The third-order valence-corrected chi connectivity index (χ3v) is 4.29. The summed E-state index contributed by atoms with van der Waals surface area (Å²) in [6.45, 7) is -0.406. The van der Waals surface area contributed by atoms with Gasteiger partial charge in [0, 0.05) is 11.6 Å². The second-order valence-electron chi connectivity index (χ2n) is 6.13. The number of carbonyl (C=O) groups excluding carboxylic acids is 2. The summed E-state index contributed by atoms with van der Waals surface area (Å²) in [5.41, 5.74) is 0.477. The van der Waals surface area contributed by atoms with E-state index in [2.05, 4.69) is 10.6 Å². The zero-order chi connectivity index (χ0) is 16.5. The van der Waals surface area contributed by atoms with Crippen molar-refractivity contribution in [3.8, 4) is 0 Å². The van der Waals surface area contributed by atoms with Gasteiger partial charge in [0.15, 0.2) is 0 Å². The van der Waals surface area contributed by atoms with Crippen LogP contribution in [-0.2, 0) is 4.79 Å². The van der Waals surface area contributed by atoms with Gasteiger partial charge in [0.1, 0.15) is 6.04 Å². The van der Waals surface area contributed by atoms with Crippen LogP contribution in [-0.4, -0.2) is 35.6 Å². The third-order valence-electron chi connectivity index (χ3n) is 4.29. The van der Waals surface area contributed by atoms with Crippen LogP contribution in [0.25, 0.3) is 0 Å². The Hall–Kier alpha value is -1.88. The van der Waals surface area contributed by atoms with Gasteiger partial charge < -0.3 is 15.7 Å². The van der Waals surface area contributed by atoms with E-state index in [1.807, 2.05) is 6.07 Å². The van der Waals surface area contributed by atoms with Crippen molar-refractivity contribution in [2.24, 2.45) is 0 Å². The molecule has 0 heterocycles. The largest absolute Gasteiger partial charge is 0.394 e. The molecule has 0 aromatic heterocycles. The number of hydrogen-bond acceptors (Lipinski definition) is 3. The van der Waals surface area contributed by atoms with Crippen LogP contribution in [0.1, 0.15) is 55.3 Å². The van der Waals surface area contributed by atoms with E-state index in [0.29, 0.717) is 5.56 Å². The van der Waals surface area contributed by atoms with Crippen LogP contribution >= 0.6 is 0 Å². The lowest BCUT2D eigenvalue weighted by molar-refractivity contribution is -0.124. The molecule has 1 saturated carbocycles. The molecule has 1 aliphatic carbocycles. The molecule has 1 fully saturated rings. The molecule has 0 aliphatic heterocycles. The fourth-order valence-electron chi connectivity index (χ4n) is 2.93. The summed E-state index contributed by atoms with van der Waals surface area (Å²) in [6.07, 6.45) is 7.86.